The number of ether oxygens (including phenoxy) is 1. The van der Waals surface area contributed by atoms with Crippen molar-refractivity contribution < 1.29 is 9.53 Å². The van der Waals surface area contributed by atoms with Crippen LogP contribution in [0.1, 0.15) is 31.2 Å². The quantitative estimate of drug-likeness (QED) is 0.779. The summed E-state index contributed by atoms with van der Waals surface area (Å²) in [6.07, 6.45) is 0. The first-order valence-corrected chi connectivity index (χ1v) is 7.10. The highest BCUT2D eigenvalue weighted by molar-refractivity contribution is 7.12. The van der Waals surface area contributed by atoms with Crippen molar-refractivity contribution in [2.75, 3.05) is 6.61 Å². The number of rotatable bonds is 4. The molecule has 19 heavy (non-hydrogen) atoms. The lowest BCUT2D eigenvalue weighted by molar-refractivity contribution is 0.0920. The van der Waals surface area contributed by atoms with Gasteiger partial charge in [0.2, 0.25) is 5.78 Å². The number of para-hydroxylation sites is 1. The Balaban J connectivity index is 2.11. The van der Waals surface area contributed by atoms with Crippen molar-refractivity contribution in [3.63, 3.8) is 0 Å². The molecule has 0 unspecified atom stereocenters. The van der Waals surface area contributed by atoms with Crippen LogP contribution in [0.5, 0.6) is 5.75 Å². The molecular formula is C16H18O2S. The lowest BCUT2D eigenvalue weighted by Gasteiger charge is -2.11. The van der Waals surface area contributed by atoms with Crippen molar-refractivity contribution in [2.45, 2.75) is 27.7 Å². The molecule has 0 N–H and O–H groups in total. The third kappa shape index (κ3) is 3.04. The van der Waals surface area contributed by atoms with E-state index < -0.39 is 0 Å². The molecule has 0 aliphatic carbocycles. The maximum Gasteiger partial charge on any atom is 0.201 e. The van der Waals surface area contributed by atoms with Crippen molar-refractivity contribution in [1.29, 1.82) is 0 Å². The largest absolute Gasteiger partial charge is 0.485 e. The Bertz CT molecular complexity index is 591. The highest BCUT2D eigenvalue weighted by atomic mass is 32.1. The number of hydrogen-bond acceptors (Lipinski definition) is 3. The van der Waals surface area contributed by atoms with E-state index in [1.807, 2.05) is 52.0 Å². The van der Waals surface area contributed by atoms with Gasteiger partial charge < -0.3 is 4.74 Å². The van der Waals surface area contributed by atoms with Gasteiger partial charge in [-0.1, -0.05) is 18.2 Å². The number of hydrogen-bond donors (Lipinski definition) is 0. The van der Waals surface area contributed by atoms with Crippen LogP contribution in [0.3, 0.4) is 0 Å². The summed E-state index contributed by atoms with van der Waals surface area (Å²) in [5.41, 5.74) is 2.91. The zero-order chi connectivity index (χ0) is 14.0. The van der Waals surface area contributed by atoms with Gasteiger partial charge in [-0.3, -0.25) is 4.79 Å². The molecule has 100 valence electrons. The van der Waals surface area contributed by atoms with Crippen molar-refractivity contribution in [3.05, 3.63) is 50.7 Å². The van der Waals surface area contributed by atoms with Crippen LogP contribution in [0.2, 0.25) is 0 Å². The third-order valence-corrected chi connectivity index (χ3v) is 4.06. The fourth-order valence-electron chi connectivity index (χ4n) is 2.15. The summed E-state index contributed by atoms with van der Waals surface area (Å²) in [5.74, 6) is 0.866. The number of Topliss-reactive ketones (excluding diaryl/α,β-unsaturated/α-hetero) is 1. The normalized spacial score (nSPS) is 10.5. The number of thiophene rings is 1. The molecule has 0 saturated heterocycles. The second-order valence-corrected chi connectivity index (χ2v) is 6.22. The van der Waals surface area contributed by atoms with Crippen LogP contribution in [-0.2, 0) is 0 Å². The fraction of sp³-hybridized carbons (Fsp3) is 0.312. The topological polar surface area (TPSA) is 26.3 Å². The average molecular weight is 274 g/mol. The summed E-state index contributed by atoms with van der Waals surface area (Å²) >= 11 is 1.65. The summed E-state index contributed by atoms with van der Waals surface area (Å²) in [6, 6.07) is 7.92. The first-order chi connectivity index (χ1) is 8.99. The van der Waals surface area contributed by atoms with E-state index in [-0.39, 0.29) is 12.4 Å². The van der Waals surface area contributed by atoms with E-state index in [1.54, 1.807) is 11.3 Å². The van der Waals surface area contributed by atoms with Crippen molar-refractivity contribution in [1.82, 2.24) is 0 Å². The van der Waals surface area contributed by atoms with E-state index in [0.717, 1.165) is 32.2 Å². The van der Waals surface area contributed by atoms with Gasteiger partial charge in [0.05, 0.1) is 0 Å². The molecule has 0 aliphatic heterocycles. The Labute approximate surface area is 118 Å². The Hall–Kier alpha value is -1.61. The molecule has 0 spiro atoms. The van der Waals surface area contributed by atoms with Crippen LogP contribution in [0.15, 0.2) is 24.3 Å². The smallest absolute Gasteiger partial charge is 0.201 e. The zero-order valence-corrected chi connectivity index (χ0v) is 12.6. The summed E-state index contributed by atoms with van der Waals surface area (Å²) < 4.78 is 5.70. The molecule has 0 fully saturated rings. The molecule has 1 aromatic heterocycles. The average Bonchev–Trinajstić information content (AvgIpc) is 2.67. The highest BCUT2D eigenvalue weighted by Crippen LogP contribution is 2.24. The number of benzene rings is 1. The third-order valence-electron chi connectivity index (χ3n) is 3.10. The molecule has 0 bridgehead atoms. The van der Waals surface area contributed by atoms with E-state index >= 15 is 0 Å². The van der Waals surface area contributed by atoms with E-state index in [4.69, 9.17) is 4.74 Å². The SMILES string of the molecule is Cc1cc(C(=O)COc2c(C)cccc2C)c(C)s1. The van der Waals surface area contributed by atoms with Gasteiger partial charge in [0, 0.05) is 15.3 Å². The molecule has 2 aromatic rings. The minimum Gasteiger partial charge on any atom is -0.485 e. The van der Waals surface area contributed by atoms with E-state index in [9.17, 15) is 4.79 Å². The Morgan fingerprint density at radius 1 is 1.16 bits per heavy atom. The van der Waals surface area contributed by atoms with Gasteiger partial charge in [-0.05, 0) is 44.9 Å². The second-order valence-electron chi connectivity index (χ2n) is 4.76. The number of ketones is 1. The monoisotopic (exact) mass is 274 g/mol. The maximum atomic E-state index is 12.2. The van der Waals surface area contributed by atoms with Crippen molar-refractivity contribution in [2.24, 2.45) is 0 Å². The first kappa shape index (κ1) is 13.8. The van der Waals surface area contributed by atoms with Gasteiger partial charge in [0.15, 0.2) is 6.61 Å². The molecule has 0 atom stereocenters. The molecule has 1 heterocycles. The molecule has 3 heteroatoms. The van der Waals surface area contributed by atoms with Gasteiger partial charge in [0.1, 0.15) is 5.75 Å². The predicted octanol–water partition coefficient (Wildman–Crippen LogP) is 4.24. The minimum absolute atomic E-state index is 0.0458. The van der Waals surface area contributed by atoms with Gasteiger partial charge in [-0.2, -0.15) is 0 Å². The molecule has 2 nitrogen and oxygen atoms in total. The molecular weight excluding hydrogens is 256 g/mol. The maximum absolute atomic E-state index is 12.2. The van der Waals surface area contributed by atoms with E-state index in [2.05, 4.69) is 0 Å². The lowest BCUT2D eigenvalue weighted by Crippen LogP contribution is -2.12. The fourth-order valence-corrected chi connectivity index (χ4v) is 3.09. The summed E-state index contributed by atoms with van der Waals surface area (Å²) in [4.78, 5) is 14.4. The Kier molecular flexibility index (Phi) is 4.05. The van der Waals surface area contributed by atoms with Gasteiger partial charge in [0.25, 0.3) is 0 Å². The highest BCUT2D eigenvalue weighted by Gasteiger charge is 2.13. The second kappa shape index (κ2) is 5.57. The summed E-state index contributed by atoms with van der Waals surface area (Å²) in [7, 11) is 0. The molecule has 0 amide bonds. The first-order valence-electron chi connectivity index (χ1n) is 6.28. The molecule has 2 rings (SSSR count). The summed E-state index contributed by atoms with van der Waals surface area (Å²) in [5, 5.41) is 0. The van der Waals surface area contributed by atoms with Gasteiger partial charge >= 0.3 is 0 Å². The van der Waals surface area contributed by atoms with Crippen LogP contribution < -0.4 is 4.74 Å². The molecule has 1 aromatic carbocycles. The van der Waals surface area contributed by atoms with Crippen LogP contribution in [0.4, 0.5) is 0 Å². The van der Waals surface area contributed by atoms with E-state index in [0.29, 0.717) is 0 Å². The minimum atomic E-state index is 0.0458. The Morgan fingerprint density at radius 2 is 1.79 bits per heavy atom. The van der Waals surface area contributed by atoms with Gasteiger partial charge in [-0.15, -0.1) is 11.3 Å². The summed E-state index contributed by atoms with van der Waals surface area (Å²) in [6.45, 7) is 8.08. The van der Waals surface area contributed by atoms with Crippen LogP contribution in [0, 0.1) is 27.7 Å². The number of carbonyl (C=O) groups excluding carboxylic acids is 1. The molecule has 0 aliphatic rings. The lowest BCUT2D eigenvalue weighted by atomic mass is 10.1. The predicted molar refractivity (Wildman–Crippen MR) is 79.5 cm³/mol. The van der Waals surface area contributed by atoms with E-state index in [1.165, 1.54) is 0 Å². The number of aryl methyl sites for hydroxylation is 4. The molecule has 0 saturated carbocycles. The Morgan fingerprint density at radius 3 is 2.32 bits per heavy atom. The number of carbonyl (C=O) groups is 1. The van der Waals surface area contributed by atoms with Crippen molar-refractivity contribution >= 4 is 17.1 Å². The molecule has 0 radical (unpaired) electrons. The van der Waals surface area contributed by atoms with Gasteiger partial charge in [-0.25, -0.2) is 0 Å². The zero-order valence-electron chi connectivity index (χ0n) is 11.7. The van der Waals surface area contributed by atoms with Crippen molar-refractivity contribution in [3.8, 4) is 5.75 Å². The van der Waals surface area contributed by atoms with Crippen LogP contribution in [0.25, 0.3) is 0 Å². The van der Waals surface area contributed by atoms with Crippen LogP contribution in [-0.4, -0.2) is 12.4 Å². The van der Waals surface area contributed by atoms with Crippen LogP contribution >= 0.6 is 11.3 Å². The standard InChI is InChI=1S/C16H18O2S/c1-10-6-5-7-11(2)16(10)18-9-15(17)14-8-12(3)19-13(14)4/h5-8H,9H2,1-4H3.